The number of hydrogen-bond acceptors (Lipinski definition) is 3. The standard InChI is InChI=1S/C10H16B6O3/c11-8(12,4-17)9(13,14)5-1-2-6-7(3-5)19-10(15,16)18-6/h1-4H,11-16H2. The summed E-state index contributed by atoms with van der Waals surface area (Å²) >= 11 is 0. The maximum absolute atomic E-state index is 11.3. The minimum absolute atomic E-state index is 0.278. The maximum atomic E-state index is 11.3. The lowest BCUT2D eigenvalue weighted by molar-refractivity contribution is -0.108. The van der Waals surface area contributed by atoms with Gasteiger partial charge in [0.2, 0.25) is 0 Å². The van der Waals surface area contributed by atoms with Crippen LogP contribution in [0.3, 0.4) is 0 Å². The molecule has 19 heavy (non-hydrogen) atoms. The van der Waals surface area contributed by atoms with Crippen molar-refractivity contribution in [3.05, 3.63) is 23.8 Å². The van der Waals surface area contributed by atoms with Crippen LogP contribution in [0.2, 0.25) is 5.21 Å². The molecule has 9 heteroatoms. The Morgan fingerprint density at radius 3 is 2.21 bits per heavy atom. The first-order chi connectivity index (χ1) is 8.59. The Morgan fingerprint density at radius 2 is 1.63 bits per heavy atom. The van der Waals surface area contributed by atoms with E-state index < -0.39 is 10.8 Å². The highest BCUT2D eigenvalue weighted by Gasteiger charge is 2.39. The second kappa shape index (κ2) is 4.19. The van der Waals surface area contributed by atoms with E-state index in [1.807, 2.05) is 49.6 Å². The highest BCUT2D eigenvalue weighted by Crippen LogP contribution is 2.43. The number of carbonyl (C=O) groups excluding carboxylic acids is 1. The number of fused-ring (bicyclic) bond motifs is 1. The second-order valence-electron chi connectivity index (χ2n) is 6.73. The topological polar surface area (TPSA) is 35.5 Å². The minimum atomic E-state index is -0.620. The van der Waals surface area contributed by atoms with Gasteiger partial charge in [0.05, 0.1) is 0 Å². The number of rotatable bonds is 3. The van der Waals surface area contributed by atoms with Crippen molar-refractivity contribution in [2.24, 2.45) is 0 Å². The van der Waals surface area contributed by atoms with Crippen LogP contribution in [0.1, 0.15) is 5.56 Å². The molecule has 1 aliphatic rings. The van der Waals surface area contributed by atoms with E-state index >= 15 is 0 Å². The Bertz CT molecular complexity index is 528. The van der Waals surface area contributed by atoms with Crippen molar-refractivity contribution in [2.45, 2.75) is 16.0 Å². The van der Waals surface area contributed by atoms with E-state index in [0.717, 1.165) is 23.3 Å². The fourth-order valence-electron chi connectivity index (χ4n) is 2.13. The number of carbonyl (C=O) groups is 1. The Kier molecular flexibility index (Phi) is 3.15. The summed E-state index contributed by atoms with van der Waals surface area (Å²) in [4.78, 5) is 11.3. The molecule has 1 aromatic carbocycles. The van der Waals surface area contributed by atoms with Crippen LogP contribution in [0.15, 0.2) is 18.2 Å². The van der Waals surface area contributed by atoms with Gasteiger partial charge in [0.15, 0.2) is 32.8 Å². The highest BCUT2D eigenvalue weighted by atomic mass is 16.7. The molecule has 0 radical (unpaired) electrons. The van der Waals surface area contributed by atoms with Gasteiger partial charge in [0.1, 0.15) is 37.7 Å². The number of hydrogen-bond donors (Lipinski definition) is 0. The van der Waals surface area contributed by atoms with Crippen LogP contribution in [-0.4, -0.2) is 58.9 Å². The Balaban J connectivity index is 2.42. The third-order valence-corrected chi connectivity index (χ3v) is 4.28. The lowest BCUT2D eigenvalue weighted by Crippen LogP contribution is -2.43. The summed E-state index contributed by atoms with van der Waals surface area (Å²) in [5, 5.41) is -0.726. The third-order valence-electron chi connectivity index (χ3n) is 4.28. The van der Waals surface area contributed by atoms with Gasteiger partial charge in [-0.25, -0.2) is 0 Å². The van der Waals surface area contributed by atoms with Crippen molar-refractivity contribution in [1.29, 1.82) is 0 Å². The SMILES string of the molecule is BC1(B)Oc2ccc(C(B)(B)C(B)(B)C=O)cc2O1. The van der Waals surface area contributed by atoms with E-state index in [9.17, 15) is 4.79 Å². The fraction of sp³-hybridized carbons (Fsp3) is 0.300. The predicted molar refractivity (Wildman–Crippen MR) is 92.1 cm³/mol. The summed E-state index contributed by atoms with van der Waals surface area (Å²) in [6, 6.07) is 5.91. The van der Waals surface area contributed by atoms with E-state index in [4.69, 9.17) is 9.47 Å². The Morgan fingerprint density at radius 1 is 1.05 bits per heavy atom. The van der Waals surface area contributed by atoms with Gasteiger partial charge >= 0.3 is 0 Å². The molecule has 92 valence electrons. The first kappa shape index (κ1) is 14.3. The molecular formula is C10H16B6O3. The van der Waals surface area contributed by atoms with Gasteiger partial charge in [-0.05, 0) is 17.3 Å². The molecule has 0 aliphatic carbocycles. The molecule has 0 bridgehead atoms. The van der Waals surface area contributed by atoms with Crippen molar-refractivity contribution in [3.63, 3.8) is 0 Å². The zero-order valence-corrected chi connectivity index (χ0v) is 12.5. The van der Waals surface area contributed by atoms with Crippen molar-refractivity contribution in [2.75, 3.05) is 0 Å². The van der Waals surface area contributed by atoms with Gasteiger partial charge in [0.25, 0.3) is 0 Å². The van der Waals surface area contributed by atoms with Crippen molar-refractivity contribution in [3.8, 4) is 11.5 Å². The molecule has 0 unspecified atom stereocenters. The molecule has 0 fully saturated rings. The summed E-state index contributed by atoms with van der Waals surface area (Å²) in [6.07, 6.45) is 1.02. The quantitative estimate of drug-likeness (QED) is 0.399. The van der Waals surface area contributed by atoms with Crippen molar-refractivity contribution in [1.82, 2.24) is 0 Å². The van der Waals surface area contributed by atoms with E-state index in [1.54, 1.807) is 0 Å². The molecule has 0 aromatic heterocycles. The molecular weight excluding hydrogens is 233 g/mol. The molecule has 1 aliphatic heterocycles. The van der Waals surface area contributed by atoms with Crippen LogP contribution in [-0.2, 0) is 10.0 Å². The number of ether oxygens (including phenoxy) is 2. The first-order valence-electron chi connectivity index (χ1n) is 6.58. The Hall–Kier alpha value is -1.12. The normalized spacial score (nSPS) is 17.1. The van der Waals surface area contributed by atoms with E-state index in [2.05, 4.69) is 15.7 Å². The van der Waals surface area contributed by atoms with Crippen molar-refractivity contribution >= 4 is 53.4 Å². The third kappa shape index (κ3) is 2.35. The molecule has 1 heterocycles. The smallest absolute Gasteiger partial charge is 0.197 e. The summed E-state index contributed by atoms with van der Waals surface area (Å²) in [6.45, 7) is 0. The largest absolute Gasteiger partial charge is 0.467 e. The van der Waals surface area contributed by atoms with Gasteiger partial charge in [-0.1, -0.05) is 16.8 Å². The highest BCUT2D eigenvalue weighted by molar-refractivity contribution is 6.59. The summed E-state index contributed by atoms with van der Waals surface area (Å²) in [7, 11) is 11.8. The van der Waals surface area contributed by atoms with E-state index in [1.165, 1.54) is 0 Å². The molecule has 1 aromatic rings. The molecule has 2 rings (SSSR count). The average molecular weight is 249 g/mol. The van der Waals surface area contributed by atoms with Crippen LogP contribution in [0.5, 0.6) is 11.5 Å². The molecule has 0 spiro atoms. The zero-order chi connectivity index (χ0) is 14.5. The van der Waals surface area contributed by atoms with Crippen LogP contribution in [0.4, 0.5) is 0 Å². The second-order valence-corrected chi connectivity index (χ2v) is 6.73. The van der Waals surface area contributed by atoms with Crippen LogP contribution < -0.4 is 9.47 Å². The molecule has 0 N–H and O–H groups in total. The minimum Gasteiger partial charge on any atom is -0.467 e. The fourth-order valence-corrected chi connectivity index (χ4v) is 2.13. The molecule has 0 saturated heterocycles. The summed E-state index contributed by atoms with van der Waals surface area (Å²) in [5.74, 6) is 1.51. The predicted octanol–water partition coefficient (Wildman–Crippen LogP) is -4.66. The van der Waals surface area contributed by atoms with Crippen LogP contribution in [0, 0.1) is 0 Å². The van der Waals surface area contributed by atoms with Crippen LogP contribution >= 0.6 is 0 Å². The van der Waals surface area contributed by atoms with Gasteiger partial charge < -0.3 is 14.3 Å². The van der Waals surface area contributed by atoms with Crippen molar-refractivity contribution < 1.29 is 14.3 Å². The van der Waals surface area contributed by atoms with E-state index in [0.29, 0.717) is 0 Å². The molecule has 0 atom stereocenters. The lowest BCUT2D eigenvalue weighted by Gasteiger charge is -2.38. The summed E-state index contributed by atoms with van der Waals surface area (Å²) < 4.78 is 11.4. The van der Waals surface area contributed by atoms with Gasteiger partial charge in [-0.3, -0.25) is 0 Å². The lowest BCUT2D eigenvalue weighted by atomic mass is 9.28. The number of aldehydes is 1. The van der Waals surface area contributed by atoms with Crippen LogP contribution in [0.25, 0.3) is 0 Å². The van der Waals surface area contributed by atoms with Gasteiger partial charge in [-0.15, -0.1) is 0 Å². The monoisotopic (exact) mass is 250 g/mol. The average Bonchev–Trinajstić information content (AvgIpc) is 2.61. The number of benzene rings is 1. The van der Waals surface area contributed by atoms with Gasteiger partial charge in [0, 0.05) is 0 Å². The molecule has 0 saturated carbocycles. The summed E-state index contributed by atoms with van der Waals surface area (Å²) in [5.41, 5.74) is 0.454. The maximum Gasteiger partial charge on any atom is 0.197 e. The zero-order valence-electron chi connectivity index (χ0n) is 12.5. The van der Waals surface area contributed by atoms with E-state index in [-0.39, 0.29) is 5.21 Å². The molecule has 0 amide bonds. The van der Waals surface area contributed by atoms with Gasteiger partial charge in [-0.2, -0.15) is 0 Å². The first-order valence-corrected chi connectivity index (χ1v) is 6.58. The molecule has 3 nitrogen and oxygen atoms in total. The Labute approximate surface area is 119 Å².